The lowest BCUT2D eigenvalue weighted by Gasteiger charge is -2.35. The molecule has 0 atom stereocenters. The van der Waals surface area contributed by atoms with Gasteiger partial charge in [0.15, 0.2) is 0 Å². The Balaban J connectivity index is 1.22. The molecule has 6 heteroatoms. The number of nitrogens with one attached hydrogen (secondary N) is 1. The molecule has 1 N–H and O–H groups in total. The van der Waals surface area contributed by atoms with E-state index in [1.807, 2.05) is 55.5 Å². The maximum Gasteiger partial charge on any atom is 0.251 e. The topological polar surface area (TPSA) is 67.2 Å². The maximum absolute atomic E-state index is 14.0. The Morgan fingerprint density at radius 3 is 2.41 bits per heavy atom. The molecule has 0 saturated heterocycles. The second kappa shape index (κ2) is 14.1. The summed E-state index contributed by atoms with van der Waals surface area (Å²) in [6.45, 7) is 3.58. The third-order valence-electron chi connectivity index (χ3n) is 8.31. The lowest BCUT2D eigenvalue weighted by molar-refractivity contribution is -0.135. The van der Waals surface area contributed by atoms with Crippen molar-refractivity contribution in [1.82, 2.24) is 19.8 Å². The molecule has 0 bridgehead atoms. The molecule has 1 heterocycles. The number of imidazole rings is 1. The highest BCUT2D eigenvalue weighted by Gasteiger charge is 2.27. The number of fused-ring (bicyclic) bond motifs is 1. The Morgan fingerprint density at radius 1 is 0.878 bits per heavy atom. The molecule has 1 fully saturated rings. The van der Waals surface area contributed by atoms with Gasteiger partial charge in [0, 0.05) is 31.1 Å². The van der Waals surface area contributed by atoms with Crippen LogP contribution in [-0.2, 0) is 24.3 Å². The van der Waals surface area contributed by atoms with E-state index in [0.717, 1.165) is 66.5 Å². The summed E-state index contributed by atoms with van der Waals surface area (Å²) in [5.74, 6) is 1.12. The fourth-order valence-corrected chi connectivity index (χ4v) is 6.02. The number of benzene rings is 3. The summed E-state index contributed by atoms with van der Waals surface area (Å²) in [5, 5.41) is 3.05. The van der Waals surface area contributed by atoms with Crippen molar-refractivity contribution in [2.75, 3.05) is 6.54 Å². The standard InChI is InChI=1S/C35H42N4O2/c1-27-15-10-11-20-30(27)35(41)36-24-14-4-9-23-33-37-31-21-12-13-22-32(31)39(33)26-34(40)38(29-18-7-3-8-19-29)25-28-16-5-2-6-17-28/h2,5-6,10-13,15-17,20-22,29H,3-4,7-9,14,18-19,23-26H2,1H3,(H,36,41). The molecule has 1 aliphatic rings. The van der Waals surface area contributed by atoms with E-state index in [1.165, 1.54) is 24.8 Å². The predicted octanol–water partition coefficient (Wildman–Crippen LogP) is 6.85. The van der Waals surface area contributed by atoms with Crippen LogP contribution < -0.4 is 5.32 Å². The van der Waals surface area contributed by atoms with Crippen LogP contribution in [0.4, 0.5) is 0 Å². The van der Waals surface area contributed by atoms with Crippen molar-refractivity contribution in [2.45, 2.75) is 83.8 Å². The van der Waals surface area contributed by atoms with Crippen LogP contribution in [0.1, 0.15) is 78.7 Å². The van der Waals surface area contributed by atoms with E-state index in [4.69, 9.17) is 4.98 Å². The molecule has 1 aliphatic carbocycles. The van der Waals surface area contributed by atoms with Crippen molar-refractivity contribution in [2.24, 2.45) is 0 Å². The zero-order valence-corrected chi connectivity index (χ0v) is 24.2. The number of amides is 2. The van der Waals surface area contributed by atoms with Gasteiger partial charge in [-0.1, -0.05) is 86.3 Å². The number of nitrogens with zero attached hydrogens (tertiary/aromatic N) is 3. The average Bonchev–Trinajstić information content (AvgIpc) is 3.35. The van der Waals surface area contributed by atoms with Crippen molar-refractivity contribution >= 4 is 22.8 Å². The average molecular weight is 551 g/mol. The molecule has 4 aromatic rings. The van der Waals surface area contributed by atoms with Gasteiger partial charge in [-0.25, -0.2) is 4.98 Å². The fraction of sp³-hybridized carbons (Fsp3) is 0.400. The summed E-state index contributed by atoms with van der Waals surface area (Å²) in [7, 11) is 0. The van der Waals surface area contributed by atoms with Gasteiger partial charge in [0.2, 0.25) is 5.91 Å². The van der Waals surface area contributed by atoms with Gasteiger partial charge in [0.1, 0.15) is 12.4 Å². The van der Waals surface area contributed by atoms with Crippen molar-refractivity contribution in [1.29, 1.82) is 0 Å². The second-order valence-electron chi connectivity index (χ2n) is 11.3. The summed E-state index contributed by atoms with van der Waals surface area (Å²) in [5.41, 5.74) is 4.86. The first-order chi connectivity index (χ1) is 20.1. The number of aromatic nitrogens is 2. The number of hydrogen-bond acceptors (Lipinski definition) is 3. The quantitative estimate of drug-likeness (QED) is 0.196. The van der Waals surface area contributed by atoms with Gasteiger partial charge >= 0.3 is 0 Å². The number of hydrogen-bond donors (Lipinski definition) is 1. The molecule has 5 rings (SSSR count). The van der Waals surface area contributed by atoms with Crippen LogP contribution in [0.15, 0.2) is 78.9 Å². The molecule has 41 heavy (non-hydrogen) atoms. The van der Waals surface area contributed by atoms with E-state index in [0.29, 0.717) is 25.7 Å². The highest BCUT2D eigenvalue weighted by molar-refractivity contribution is 5.95. The minimum absolute atomic E-state index is 0.0126. The van der Waals surface area contributed by atoms with E-state index in [9.17, 15) is 9.59 Å². The zero-order valence-electron chi connectivity index (χ0n) is 24.2. The third kappa shape index (κ3) is 7.43. The number of carbonyl (C=O) groups is 2. The van der Waals surface area contributed by atoms with Crippen molar-refractivity contribution in [3.8, 4) is 0 Å². The Labute approximate surface area is 243 Å². The molecule has 214 valence electrons. The summed E-state index contributed by atoms with van der Waals surface area (Å²) >= 11 is 0. The van der Waals surface area contributed by atoms with E-state index in [1.54, 1.807) is 0 Å². The molecule has 2 amide bonds. The van der Waals surface area contributed by atoms with E-state index < -0.39 is 0 Å². The van der Waals surface area contributed by atoms with Gasteiger partial charge < -0.3 is 14.8 Å². The van der Waals surface area contributed by atoms with Gasteiger partial charge in [0.25, 0.3) is 5.91 Å². The molecule has 0 spiro atoms. The summed E-state index contributed by atoms with van der Waals surface area (Å²) < 4.78 is 2.14. The van der Waals surface area contributed by atoms with Crippen LogP contribution in [0.25, 0.3) is 11.0 Å². The van der Waals surface area contributed by atoms with Crippen LogP contribution in [0.2, 0.25) is 0 Å². The van der Waals surface area contributed by atoms with Gasteiger partial charge in [-0.05, 0) is 61.9 Å². The maximum atomic E-state index is 14.0. The molecule has 3 aromatic carbocycles. The first kappa shape index (κ1) is 28.6. The molecule has 1 aromatic heterocycles. The van der Waals surface area contributed by atoms with Crippen LogP contribution in [0.5, 0.6) is 0 Å². The Bertz CT molecular complexity index is 1440. The van der Waals surface area contributed by atoms with Crippen LogP contribution in [0.3, 0.4) is 0 Å². The second-order valence-corrected chi connectivity index (χ2v) is 11.3. The molecule has 0 unspecified atom stereocenters. The molecule has 1 saturated carbocycles. The van der Waals surface area contributed by atoms with Gasteiger partial charge in [-0.15, -0.1) is 0 Å². The number of para-hydroxylation sites is 2. The molecule has 6 nitrogen and oxygen atoms in total. The Hall–Kier alpha value is -3.93. The highest BCUT2D eigenvalue weighted by atomic mass is 16.2. The lowest BCUT2D eigenvalue weighted by atomic mass is 9.93. The van der Waals surface area contributed by atoms with Crippen molar-refractivity contribution in [3.05, 3.63) is 101 Å². The van der Waals surface area contributed by atoms with Gasteiger partial charge in [-0.3, -0.25) is 9.59 Å². The largest absolute Gasteiger partial charge is 0.352 e. The molecular formula is C35H42N4O2. The van der Waals surface area contributed by atoms with E-state index >= 15 is 0 Å². The summed E-state index contributed by atoms with van der Waals surface area (Å²) in [6.07, 6.45) is 9.44. The van der Waals surface area contributed by atoms with Crippen LogP contribution >= 0.6 is 0 Å². The lowest BCUT2D eigenvalue weighted by Crippen LogP contribution is -2.42. The smallest absolute Gasteiger partial charge is 0.251 e. The SMILES string of the molecule is Cc1ccccc1C(=O)NCCCCCc1nc2ccccc2n1CC(=O)N(Cc1ccccc1)C1CCCCC1. The molecule has 0 aliphatic heterocycles. The minimum Gasteiger partial charge on any atom is -0.352 e. The monoisotopic (exact) mass is 550 g/mol. The van der Waals surface area contributed by atoms with Gasteiger partial charge in [0.05, 0.1) is 11.0 Å². The van der Waals surface area contributed by atoms with Crippen LogP contribution in [0, 0.1) is 6.92 Å². The Kier molecular flexibility index (Phi) is 9.84. The first-order valence-electron chi connectivity index (χ1n) is 15.2. The number of rotatable bonds is 12. The van der Waals surface area contributed by atoms with Crippen molar-refractivity contribution < 1.29 is 9.59 Å². The Morgan fingerprint density at radius 2 is 1.61 bits per heavy atom. The number of carbonyl (C=O) groups excluding carboxylic acids is 2. The molecule has 0 radical (unpaired) electrons. The fourth-order valence-electron chi connectivity index (χ4n) is 6.02. The summed E-state index contributed by atoms with van der Waals surface area (Å²) in [6, 6.07) is 26.5. The number of unbranched alkanes of at least 4 members (excludes halogenated alkanes) is 2. The first-order valence-corrected chi connectivity index (χ1v) is 15.2. The third-order valence-corrected chi connectivity index (χ3v) is 8.31. The highest BCUT2D eigenvalue weighted by Crippen LogP contribution is 2.26. The van der Waals surface area contributed by atoms with E-state index in [-0.39, 0.29) is 11.8 Å². The summed E-state index contributed by atoms with van der Waals surface area (Å²) in [4.78, 5) is 33.5. The van der Waals surface area contributed by atoms with Gasteiger partial charge in [-0.2, -0.15) is 0 Å². The normalized spacial score (nSPS) is 13.8. The predicted molar refractivity (Wildman–Crippen MR) is 165 cm³/mol. The van der Waals surface area contributed by atoms with Crippen molar-refractivity contribution in [3.63, 3.8) is 0 Å². The van der Waals surface area contributed by atoms with Crippen LogP contribution in [-0.4, -0.2) is 38.9 Å². The number of aryl methyl sites for hydroxylation is 2. The molecular weight excluding hydrogens is 508 g/mol. The minimum atomic E-state index is -0.0126. The zero-order chi connectivity index (χ0) is 28.4. The van der Waals surface area contributed by atoms with E-state index in [2.05, 4.69) is 45.1 Å².